The highest BCUT2D eigenvalue weighted by Gasteiger charge is 2.01. The molecule has 0 N–H and O–H groups in total. The molecule has 0 bridgehead atoms. The van der Waals surface area contributed by atoms with Crippen molar-refractivity contribution in [3.8, 4) is 0 Å². The summed E-state index contributed by atoms with van der Waals surface area (Å²) in [5.74, 6) is 3.15. The molecule has 40 heavy (non-hydrogen) atoms. The van der Waals surface area contributed by atoms with Gasteiger partial charge in [0.2, 0.25) is 0 Å². The lowest BCUT2D eigenvalue weighted by atomic mass is 10.1. The number of hydrogen-bond donors (Lipinski definition) is 0. The number of hydrogen-bond acceptors (Lipinski definition) is 2. The quantitative estimate of drug-likeness (QED) is 0.315. The van der Waals surface area contributed by atoms with Crippen LogP contribution in [0.25, 0.3) is 0 Å². The highest BCUT2D eigenvalue weighted by atomic mass is 15.3. The van der Waals surface area contributed by atoms with E-state index in [2.05, 4.69) is 107 Å². The Bertz CT molecular complexity index is 719. The van der Waals surface area contributed by atoms with Crippen molar-refractivity contribution >= 4 is 0 Å². The smallest absolute Gasteiger partial charge is 0.105 e. The predicted molar refractivity (Wildman–Crippen MR) is 189 cm³/mol. The van der Waals surface area contributed by atoms with Gasteiger partial charge in [-0.2, -0.15) is 5.10 Å². The van der Waals surface area contributed by atoms with Crippen LogP contribution < -0.4 is 0 Å². The Labute approximate surface area is 255 Å². The summed E-state index contributed by atoms with van der Waals surface area (Å²) in [5, 5.41) is 4.05. The van der Waals surface area contributed by atoms with Gasteiger partial charge < -0.3 is 9.13 Å². The first kappa shape index (κ1) is 50.5. The van der Waals surface area contributed by atoms with Crippen LogP contribution in [0.1, 0.15) is 162 Å². The minimum absolute atomic E-state index is 0. The first-order valence-electron chi connectivity index (χ1n) is 15.5. The molecule has 0 saturated carbocycles. The molecule has 242 valence electrons. The van der Waals surface area contributed by atoms with Crippen LogP contribution in [0.2, 0.25) is 0 Å². The Morgan fingerprint density at radius 3 is 1.23 bits per heavy atom. The summed E-state index contributed by atoms with van der Waals surface area (Å²) in [4.78, 5) is 4.10. The van der Waals surface area contributed by atoms with Gasteiger partial charge in [0, 0.05) is 57.7 Å². The fraction of sp³-hybridized carbons (Fsp3) is 0.714. The third kappa shape index (κ3) is 27.3. The Morgan fingerprint density at radius 1 is 0.650 bits per heavy atom. The number of rotatable bonds is 3. The van der Waals surface area contributed by atoms with Crippen LogP contribution in [-0.4, -0.2) is 23.9 Å². The fourth-order valence-electron chi connectivity index (χ4n) is 2.96. The topological polar surface area (TPSA) is 40.6 Å². The highest BCUT2D eigenvalue weighted by molar-refractivity contribution is 5.10. The molecule has 0 amide bonds. The SMILES string of the molecule is C.CC.CC.CC.CC.CC(C)C.CC(C)c1cccn1C.CC(C)c1ccnn1C.Cc1nccn1C(C)C.[2HH]. The molecule has 0 atom stereocenters. The molecule has 0 radical (unpaired) electrons. The molecular weight excluding hydrogens is 490 g/mol. The molecule has 0 spiro atoms. The van der Waals surface area contributed by atoms with E-state index < -0.39 is 0 Å². The van der Waals surface area contributed by atoms with Crippen LogP contribution in [0.4, 0.5) is 0 Å². The van der Waals surface area contributed by atoms with Gasteiger partial charge in [-0.05, 0) is 56.7 Å². The third-order valence-electron chi connectivity index (χ3n) is 4.44. The minimum Gasteiger partial charge on any atom is -0.354 e. The van der Waals surface area contributed by atoms with Gasteiger partial charge in [0.05, 0.1) is 0 Å². The Morgan fingerprint density at radius 2 is 1.07 bits per heavy atom. The summed E-state index contributed by atoms with van der Waals surface area (Å²) < 4.78 is 6.20. The Balaban J connectivity index is -0.0000000699. The van der Waals surface area contributed by atoms with Crippen LogP contribution in [0, 0.1) is 12.8 Å². The summed E-state index contributed by atoms with van der Waals surface area (Å²) in [5.41, 5.74) is 2.69. The maximum Gasteiger partial charge on any atom is 0.105 e. The van der Waals surface area contributed by atoms with Crippen molar-refractivity contribution in [3.05, 3.63) is 60.2 Å². The second-order valence-corrected chi connectivity index (χ2v) is 9.44. The average molecular weight is 569 g/mol. The van der Waals surface area contributed by atoms with E-state index in [0.29, 0.717) is 17.9 Å². The number of aryl methyl sites for hydroxylation is 3. The largest absolute Gasteiger partial charge is 0.354 e. The molecular formula is C35H77N5. The van der Waals surface area contributed by atoms with Crippen LogP contribution in [0.5, 0.6) is 0 Å². The second kappa shape index (κ2) is 34.7. The first-order valence-corrected chi connectivity index (χ1v) is 15.5. The van der Waals surface area contributed by atoms with Gasteiger partial charge in [-0.1, -0.05) is 111 Å². The standard InChI is InChI=1S/C8H13N.2C7H12N2.C4H10.4C2H6.CH4.H2/c1-7(2)8-5-4-6-9(8)3;1-6(2)7-4-5-8-9(7)3;1-6(2)9-5-4-8-7(9)3;1-4(2)3;4*1-2;;/h4-7H,1-3H3;2*4-6H,1-3H3;4H,1-3H3;4*1-2H3;1H4;1H/i;;;;;;;;;1+1. The minimum atomic E-state index is 0. The maximum absolute atomic E-state index is 4.10. The van der Waals surface area contributed by atoms with Crippen molar-refractivity contribution in [2.24, 2.45) is 20.0 Å². The van der Waals surface area contributed by atoms with Crippen molar-refractivity contribution in [1.82, 2.24) is 23.9 Å². The van der Waals surface area contributed by atoms with E-state index in [1.165, 1.54) is 11.4 Å². The maximum atomic E-state index is 4.10. The van der Waals surface area contributed by atoms with Gasteiger partial charge in [-0.25, -0.2) is 4.98 Å². The molecule has 3 aromatic rings. The van der Waals surface area contributed by atoms with E-state index in [0.717, 1.165) is 11.7 Å². The van der Waals surface area contributed by atoms with Crippen molar-refractivity contribution in [2.45, 2.75) is 150 Å². The second-order valence-electron chi connectivity index (χ2n) is 9.44. The average Bonchev–Trinajstić information content (AvgIpc) is 3.65. The lowest BCUT2D eigenvalue weighted by molar-refractivity contribution is 0.582. The summed E-state index contributed by atoms with van der Waals surface area (Å²) >= 11 is 0. The number of imidazole rings is 1. The zero-order valence-electron chi connectivity index (χ0n) is 30.1. The lowest BCUT2D eigenvalue weighted by Gasteiger charge is -2.07. The van der Waals surface area contributed by atoms with Crippen molar-refractivity contribution in [1.29, 1.82) is 0 Å². The molecule has 0 aliphatic heterocycles. The molecule has 0 aliphatic rings. The van der Waals surface area contributed by atoms with E-state index in [1.807, 2.05) is 98.7 Å². The number of aromatic nitrogens is 5. The molecule has 5 nitrogen and oxygen atoms in total. The van der Waals surface area contributed by atoms with Crippen LogP contribution >= 0.6 is 0 Å². The van der Waals surface area contributed by atoms with E-state index in [1.54, 1.807) is 0 Å². The molecule has 5 heteroatoms. The summed E-state index contributed by atoms with van der Waals surface area (Å²) in [6.07, 6.45) is 7.74. The molecule has 0 unspecified atom stereocenters. The predicted octanol–water partition coefficient (Wildman–Crippen LogP) is 12.1. The fourth-order valence-corrected chi connectivity index (χ4v) is 2.96. The molecule has 3 aromatic heterocycles. The molecule has 3 rings (SSSR count). The molecule has 3 heterocycles. The summed E-state index contributed by atoms with van der Waals surface area (Å²) in [7, 11) is 4.05. The van der Waals surface area contributed by atoms with Crippen LogP contribution in [0.15, 0.2) is 43.0 Å². The van der Waals surface area contributed by atoms with Gasteiger partial charge >= 0.3 is 0 Å². The van der Waals surface area contributed by atoms with Crippen LogP contribution in [0.3, 0.4) is 0 Å². The lowest BCUT2D eigenvalue weighted by Crippen LogP contribution is -2.00. The Hall–Kier alpha value is -2.30. The zero-order valence-corrected chi connectivity index (χ0v) is 30.1. The first-order chi connectivity index (χ1) is 18.4. The third-order valence-corrected chi connectivity index (χ3v) is 4.44. The highest BCUT2D eigenvalue weighted by Crippen LogP contribution is 2.12. The van der Waals surface area contributed by atoms with Crippen molar-refractivity contribution in [3.63, 3.8) is 0 Å². The van der Waals surface area contributed by atoms with E-state index >= 15 is 0 Å². The van der Waals surface area contributed by atoms with Gasteiger partial charge in [-0.3, -0.25) is 4.68 Å². The number of nitrogens with zero attached hydrogens (tertiary/aromatic N) is 5. The van der Waals surface area contributed by atoms with Gasteiger partial charge in [0.15, 0.2) is 0 Å². The van der Waals surface area contributed by atoms with Crippen molar-refractivity contribution in [2.75, 3.05) is 0 Å². The Kier molecular flexibility index (Phi) is 43.9. The van der Waals surface area contributed by atoms with Crippen LogP contribution in [-0.2, 0) is 14.1 Å². The summed E-state index contributed by atoms with van der Waals surface area (Å²) in [6.45, 7) is 37.5. The summed E-state index contributed by atoms with van der Waals surface area (Å²) in [6, 6.07) is 6.82. The molecule has 0 aliphatic carbocycles. The van der Waals surface area contributed by atoms with Gasteiger partial charge in [-0.15, -0.1) is 0 Å². The molecule has 0 saturated heterocycles. The van der Waals surface area contributed by atoms with Gasteiger partial charge in [0.1, 0.15) is 5.82 Å². The monoisotopic (exact) mass is 569 g/mol. The zero-order chi connectivity index (χ0) is 32.1. The van der Waals surface area contributed by atoms with Gasteiger partial charge in [0.25, 0.3) is 0 Å². The van der Waals surface area contributed by atoms with E-state index in [4.69, 9.17) is 0 Å². The molecule has 0 aromatic carbocycles. The van der Waals surface area contributed by atoms with E-state index in [-0.39, 0.29) is 8.85 Å². The van der Waals surface area contributed by atoms with Crippen molar-refractivity contribution < 1.29 is 1.43 Å². The normalized spacial score (nSPS) is 8.70. The van der Waals surface area contributed by atoms with E-state index in [9.17, 15) is 0 Å². The molecule has 0 fully saturated rings.